The average molecular weight is 437 g/mol. The molecule has 0 rings (SSSR count). The zero-order valence-electron chi connectivity index (χ0n) is 13.0. The first-order chi connectivity index (χ1) is 11.6. The summed E-state index contributed by atoms with van der Waals surface area (Å²) in [4.78, 5) is 0. The molecule has 0 aliphatic carbocycles. The Morgan fingerprint density at radius 1 is 0.593 bits per heavy atom. The van der Waals surface area contributed by atoms with Crippen molar-refractivity contribution in [3.8, 4) is 0 Å². The third-order valence-corrected chi connectivity index (χ3v) is 3.44. The molecule has 1 unspecified atom stereocenters. The smallest absolute Gasteiger partial charge is 0.267 e. The maximum absolute atomic E-state index is 13.3. The van der Waals surface area contributed by atoms with Gasteiger partial charge in [-0.15, -0.1) is 0 Å². The summed E-state index contributed by atoms with van der Waals surface area (Å²) in [5, 5.41) is 0. The second kappa shape index (κ2) is 7.78. The van der Waals surface area contributed by atoms with E-state index in [1.54, 1.807) is 0 Å². The molecule has 27 heavy (non-hydrogen) atoms. The van der Waals surface area contributed by atoms with Crippen LogP contribution in [0.15, 0.2) is 0 Å². The number of nitrogens with two attached hydrogens (primary N) is 1. The van der Waals surface area contributed by atoms with Gasteiger partial charge in [-0.2, -0.15) is 57.1 Å². The van der Waals surface area contributed by atoms with Crippen LogP contribution in [0.2, 0.25) is 0 Å². The second-order valence-corrected chi connectivity index (χ2v) is 5.65. The summed E-state index contributed by atoms with van der Waals surface area (Å²) >= 11 is 0. The number of hydrogen-bond acceptors (Lipinski definition) is 1. The zero-order valence-corrected chi connectivity index (χ0v) is 13.0. The van der Waals surface area contributed by atoms with Crippen LogP contribution in [0.1, 0.15) is 32.1 Å². The van der Waals surface area contributed by atoms with Crippen LogP contribution in [0.4, 0.5) is 61.5 Å². The Morgan fingerprint density at radius 3 is 1.41 bits per heavy atom. The summed E-state index contributed by atoms with van der Waals surface area (Å²) < 4.78 is 178. The van der Waals surface area contributed by atoms with E-state index in [-0.39, 0.29) is 0 Å². The molecule has 0 saturated heterocycles. The Kier molecular flexibility index (Phi) is 7.48. The van der Waals surface area contributed by atoms with Crippen LogP contribution in [-0.4, -0.2) is 42.1 Å². The third-order valence-electron chi connectivity index (χ3n) is 3.44. The highest BCUT2D eigenvalue weighted by Crippen LogP contribution is 2.57. The molecule has 0 spiro atoms. The van der Waals surface area contributed by atoms with Crippen molar-refractivity contribution < 1.29 is 61.5 Å². The molecule has 2 N–H and O–H groups in total. The lowest BCUT2D eigenvalue weighted by Gasteiger charge is -2.39. The summed E-state index contributed by atoms with van der Waals surface area (Å²) in [6, 6.07) is -6.35. The summed E-state index contributed by atoms with van der Waals surface area (Å²) in [6.45, 7) is 0. The van der Waals surface area contributed by atoms with E-state index >= 15 is 0 Å². The van der Waals surface area contributed by atoms with Crippen molar-refractivity contribution in [1.82, 2.24) is 0 Å². The molecule has 0 bridgehead atoms. The standard InChI is InChI=1S/C12H13F14N/c13-6(4-2-1-3-5-7(14,15)16)8(17,18)9(19,20)10(21,22)11(23,24)12(25,26)27/h6H,1-5,27H2. The fourth-order valence-electron chi connectivity index (χ4n) is 1.82. The number of rotatable bonds is 10. The minimum atomic E-state index is -7.46. The van der Waals surface area contributed by atoms with Gasteiger partial charge in [-0.1, -0.05) is 12.8 Å². The van der Waals surface area contributed by atoms with Gasteiger partial charge in [0.05, 0.1) is 0 Å². The van der Waals surface area contributed by atoms with E-state index in [2.05, 4.69) is 5.73 Å². The van der Waals surface area contributed by atoms with Crippen molar-refractivity contribution in [3.05, 3.63) is 0 Å². The molecule has 1 nitrogen and oxygen atoms in total. The van der Waals surface area contributed by atoms with Crippen LogP contribution in [0.5, 0.6) is 0 Å². The van der Waals surface area contributed by atoms with Crippen molar-refractivity contribution in [1.29, 1.82) is 0 Å². The molecule has 15 heteroatoms. The van der Waals surface area contributed by atoms with E-state index in [0.29, 0.717) is 0 Å². The molecule has 0 aromatic rings. The van der Waals surface area contributed by atoms with Gasteiger partial charge in [-0.25, -0.2) is 4.39 Å². The summed E-state index contributed by atoms with van der Waals surface area (Å²) in [6.07, 6.45) is -14.3. The first-order valence-corrected chi connectivity index (χ1v) is 7.01. The highest BCUT2D eigenvalue weighted by Gasteiger charge is 2.86. The molecule has 0 aliphatic rings. The van der Waals surface area contributed by atoms with E-state index < -0.39 is 74.2 Å². The molecule has 0 heterocycles. The summed E-state index contributed by atoms with van der Waals surface area (Å²) in [5.41, 5.74) is 3.34. The minimum Gasteiger partial charge on any atom is -0.267 e. The molecule has 1 atom stereocenters. The van der Waals surface area contributed by atoms with Gasteiger partial charge in [-0.3, -0.25) is 5.73 Å². The number of unbranched alkanes of at least 4 members (excludes halogenated alkanes) is 2. The molecule has 0 aromatic heterocycles. The Morgan fingerprint density at radius 2 is 1.04 bits per heavy atom. The lowest BCUT2D eigenvalue weighted by atomic mass is 9.92. The van der Waals surface area contributed by atoms with Crippen LogP contribution in [0, 0.1) is 0 Å². The number of alkyl halides is 14. The van der Waals surface area contributed by atoms with Gasteiger partial charge in [0, 0.05) is 6.42 Å². The minimum absolute atomic E-state index is 0.630. The highest BCUT2D eigenvalue weighted by atomic mass is 19.4. The van der Waals surface area contributed by atoms with Gasteiger partial charge in [0.25, 0.3) is 0 Å². The molecule has 0 saturated carbocycles. The SMILES string of the molecule is NC(F)(F)C(F)(F)C(F)(F)C(F)(F)C(F)(F)C(F)CCCCCC(F)(F)F. The second-order valence-electron chi connectivity index (χ2n) is 5.65. The summed E-state index contributed by atoms with van der Waals surface area (Å²) in [5.74, 6) is -28.5. The molecule has 0 radical (unpaired) electrons. The molecular weight excluding hydrogens is 424 g/mol. The summed E-state index contributed by atoms with van der Waals surface area (Å²) in [7, 11) is 0. The van der Waals surface area contributed by atoms with Crippen LogP contribution < -0.4 is 5.73 Å². The van der Waals surface area contributed by atoms with E-state index in [0.717, 1.165) is 0 Å². The first kappa shape index (κ1) is 26.0. The van der Waals surface area contributed by atoms with Crippen molar-refractivity contribution in [2.24, 2.45) is 5.73 Å². The first-order valence-electron chi connectivity index (χ1n) is 7.01. The lowest BCUT2D eigenvalue weighted by Crippen LogP contribution is -2.70. The van der Waals surface area contributed by atoms with Crippen LogP contribution in [0.3, 0.4) is 0 Å². The highest BCUT2D eigenvalue weighted by molar-refractivity contribution is 5.08. The zero-order chi connectivity index (χ0) is 22.1. The van der Waals surface area contributed by atoms with Gasteiger partial charge in [0.1, 0.15) is 0 Å². The Bertz CT molecular complexity index is 477. The maximum atomic E-state index is 13.3. The van der Waals surface area contributed by atoms with Crippen LogP contribution >= 0.6 is 0 Å². The van der Waals surface area contributed by atoms with Gasteiger partial charge in [0.15, 0.2) is 6.17 Å². The van der Waals surface area contributed by atoms with E-state index in [4.69, 9.17) is 0 Å². The lowest BCUT2D eigenvalue weighted by molar-refractivity contribution is -0.406. The quantitative estimate of drug-likeness (QED) is 0.256. The Hall–Kier alpha value is -1.02. The van der Waals surface area contributed by atoms with Gasteiger partial charge < -0.3 is 0 Å². The van der Waals surface area contributed by atoms with Gasteiger partial charge in [-0.05, 0) is 12.8 Å². The van der Waals surface area contributed by atoms with Crippen LogP contribution in [-0.2, 0) is 0 Å². The molecule has 0 amide bonds. The van der Waals surface area contributed by atoms with Gasteiger partial charge in [0.2, 0.25) is 0 Å². The molecule has 164 valence electrons. The van der Waals surface area contributed by atoms with Crippen molar-refractivity contribution in [2.75, 3.05) is 0 Å². The predicted octanol–water partition coefficient (Wildman–Crippen LogP) is 5.93. The fourth-order valence-corrected chi connectivity index (χ4v) is 1.82. The third kappa shape index (κ3) is 5.28. The Labute approximate surface area is 142 Å². The number of halogens is 14. The topological polar surface area (TPSA) is 26.0 Å². The van der Waals surface area contributed by atoms with Crippen LogP contribution in [0.25, 0.3) is 0 Å². The normalized spacial score (nSPS) is 16.6. The monoisotopic (exact) mass is 437 g/mol. The fraction of sp³-hybridized carbons (Fsp3) is 1.00. The number of hydrogen-bond donors (Lipinski definition) is 1. The largest absolute Gasteiger partial charge is 0.392 e. The van der Waals surface area contributed by atoms with Crippen molar-refractivity contribution in [3.63, 3.8) is 0 Å². The van der Waals surface area contributed by atoms with Crippen molar-refractivity contribution in [2.45, 2.75) is 74.2 Å². The predicted molar refractivity (Wildman–Crippen MR) is 63.0 cm³/mol. The Balaban J connectivity index is 5.24. The van der Waals surface area contributed by atoms with E-state index in [1.807, 2.05) is 0 Å². The molecular formula is C12H13F14N. The van der Waals surface area contributed by atoms with E-state index in [1.165, 1.54) is 0 Å². The van der Waals surface area contributed by atoms with Gasteiger partial charge >= 0.3 is 35.9 Å². The molecule has 0 aliphatic heterocycles. The van der Waals surface area contributed by atoms with Crippen molar-refractivity contribution >= 4 is 0 Å². The average Bonchev–Trinajstić information content (AvgIpc) is 2.43. The molecule has 0 aromatic carbocycles. The molecule has 0 fully saturated rings. The van der Waals surface area contributed by atoms with E-state index in [9.17, 15) is 61.5 Å². The maximum Gasteiger partial charge on any atom is 0.392 e.